The zero-order valence-electron chi connectivity index (χ0n) is 10.8. The summed E-state index contributed by atoms with van der Waals surface area (Å²) < 4.78 is 18.7. The molecule has 2 rings (SSSR count). The summed E-state index contributed by atoms with van der Waals surface area (Å²) in [7, 11) is 0. The van der Waals surface area contributed by atoms with Gasteiger partial charge in [-0.05, 0) is 31.5 Å². The monoisotopic (exact) mass is 252 g/mol. The first-order valence-corrected chi connectivity index (χ1v) is 6.54. The Labute approximate surface area is 108 Å². The summed E-state index contributed by atoms with van der Waals surface area (Å²) in [5, 5.41) is 0. The van der Waals surface area contributed by atoms with Crippen LogP contribution in [0.1, 0.15) is 13.3 Å². The summed E-state index contributed by atoms with van der Waals surface area (Å²) in [5.74, 6) is 0.122. The summed E-state index contributed by atoms with van der Waals surface area (Å²) in [6.45, 7) is 5.19. The van der Waals surface area contributed by atoms with Gasteiger partial charge in [0.25, 0.3) is 0 Å². The van der Waals surface area contributed by atoms with E-state index in [1.165, 1.54) is 6.07 Å². The van der Waals surface area contributed by atoms with Crippen LogP contribution < -0.4 is 10.6 Å². The molecular formula is C14H21FN2O. The van der Waals surface area contributed by atoms with Gasteiger partial charge in [-0.3, -0.25) is 0 Å². The van der Waals surface area contributed by atoms with Crippen molar-refractivity contribution in [1.29, 1.82) is 0 Å². The number of rotatable bonds is 4. The number of halogens is 1. The van der Waals surface area contributed by atoms with E-state index < -0.39 is 0 Å². The second kappa shape index (κ2) is 6.16. The Morgan fingerprint density at radius 2 is 2.33 bits per heavy atom. The van der Waals surface area contributed by atoms with Crippen molar-refractivity contribution in [2.75, 3.05) is 31.2 Å². The molecular weight excluding hydrogens is 231 g/mol. The fourth-order valence-electron chi connectivity index (χ4n) is 2.37. The van der Waals surface area contributed by atoms with Crippen LogP contribution in [-0.2, 0) is 4.74 Å². The Morgan fingerprint density at radius 3 is 3.00 bits per heavy atom. The lowest BCUT2D eigenvalue weighted by Crippen LogP contribution is -2.45. The van der Waals surface area contributed by atoms with Gasteiger partial charge in [0.05, 0.1) is 6.61 Å². The first kappa shape index (κ1) is 13.3. The lowest BCUT2D eigenvalue weighted by molar-refractivity contribution is 0.0447. The molecule has 1 fully saturated rings. The average molecular weight is 252 g/mol. The predicted octanol–water partition coefficient (Wildman–Crippen LogP) is 2.02. The summed E-state index contributed by atoms with van der Waals surface area (Å²) in [5.41, 5.74) is 7.02. The minimum atomic E-state index is -0.199. The van der Waals surface area contributed by atoms with Crippen LogP contribution in [0.2, 0.25) is 0 Å². The lowest BCUT2D eigenvalue weighted by atomic mass is 9.96. The largest absolute Gasteiger partial charge is 0.381 e. The summed E-state index contributed by atoms with van der Waals surface area (Å²) >= 11 is 0. The van der Waals surface area contributed by atoms with Crippen LogP contribution in [0.15, 0.2) is 24.3 Å². The van der Waals surface area contributed by atoms with Gasteiger partial charge in [0.2, 0.25) is 0 Å². The highest BCUT2D eigenvalue weighted by molar-refractivity contribution is 5.46. The molecule has 0 bridgehead atoms. The van der Waals surface area contributed by atoms with Crippen LogP contribution in [-0.4, -0.2) is 32.3 Å². The van der Waals surface area contributed by atoms with Gasteiger partial charge in [0.1, 0.15) is 5.82 Å². The molecule has 2 atom stereocenters. The minimum absolute atomic E-state index is 0.182. The third-order valence-corrected chi connectivity index (χ3v) is 3.54. The van der Waals surface area contributed by atoms with Gasteiger partial charge >= 0.3 is 0 Å². The van der Waals surface area contributed by atoms with Gasteiger partial charge < -0.3 is 15.4 Å². The number of nitrogens with two attached hydrogens (primary N) is 1. The summed E-state index contributed by atoms with van der Waals surface area (Å²) in [4.78, 5) is 2.16. The summed E-state index contributed by atoms with van der Waals surface area (Å²) in [6.07, 6.45) is 0.908. The van der Waals surface area contributed by atoms with Crippen molar-refractivity contribution in [3.05, 3.63) is 30.1 Å². The molecule has 2 unspecified atom stereocenters. The predicted molar refractivity (Wildman–Crippen MR) is 71.2 cm³/mol. The topological polar surface area (TPSA) is 38.5 Å². The van der Waals surface area contributed by atoms with Gasteiger partial charge in [0, 0.05) is 37.3 Å². The highest BCUT2D eigenvalue weighted by Gasteiger charge is 2.24. The van der Waals surface area contributed by atoms with E-state index in [9.17, 15) is 4.39 Å². The van der Waals surface area contributed by atoms with Crippen LogP contribution in [0.4, 0.5) is 10.1 Å². The highest BCUT2D eigenvalue weighted by Crippen LogP contribution is 2.20. The minimum Gasteiger partial charge on any atom is -0.381 e. The fraction of sp³-hybridized carbons (Fsp3) is 0.571. The molecule has 1 aliphatic heterocycles. The Balaban J connectivity index is 2.04. The fourth-order valence-corrected chi connectivity index (χ4v) is 2.37. The first-order chi connectivity index (χ1) is 8.70. The number of benzene rings is 1. The van der Waals surface area contributed by atoms with E-state index in [4.69, 9.17) is 10.5 Å². The second-order valence-electron chi connectivity index (χ2n) is 4.81. The van der Waals surface area contributed by atoms with Crippen LogP contribution in [0.3, 0.4) is 0 Å². The quantitative estimate of drug-likeness (QED) is 0.891. The molecule has 0 aliphatic carbocycles. The molecule has 4 heteroatoms. The highest BCUT2D eigenvalue weighted by atomic mass is 19.1. The Kier molecular flexibility index (Phi) is 4.55. The summed E-state index contributed by atoms with van der Waals surface area (Å²) in [6, 6.07) is 6.89. The second-order valence-corrected chi connectivity index (χ2v) is 4.81. The number of hydrogen-bond acceptors (Lipinski definition) is 3. The van der Waals surface area contributed by atoms with Crippen molar-refractivity contribution >= 4 is 5.69 Å². The molecule has 100 valence electrons. The normalized spacial score (nSPS) is 23.9. The maximum Gasteiger partial charge on any atom is 0.125 e. The van der Waals surface area contributed by atoms with E-state index >= 15 is 0 Å². The molecule has 1 aliphatic rings. The Morgan fingerprint density at radius 1 is 1.50 bits per heavy atom. The molecule has 1 heterocycles. The number of hydrogen-bond donors (Lipinski definition) is 1. The SMILES string of the molecule is CCN(CC1COCCC1N)c1cccc(F)c1. The van der Waals surface area contributed by atoms with Crippen molar-refractivity contribution in [3.63, 3.8) is 0 Å². The molecule has 0 amide bonds. The standard InChI is InChI=1S/C14H21FN2O/c1-2-17(13-5-3-4-12(15)8-13)9-11-10-18-7-6-14(11)16/h3-5,8,11,14H,2,6-7,9-10,16H2,1H3. The number of anilines is 1. The van der Waals surface area contributed by atoms with E-state index in [2.05, 4.69) is 11.8 Å². The first-order valence-electron chi connectivity index (χ1n) is 6.54. The Hall–Kier alpha value is -1.13. The molecule has 3 nitrogen and oxygen atoms in total. The molecule has 1 aromatic rings. The smallest absolute Gasteiger partial charge is 0.125 e. The molecule has 0 spiro atoms. The molecule has 0 aromatic heterocycles. The lowest BCUT2D eigenvalue weighted by Gasteiger charge is -2.34. The molecule has 1 saturated heterocycles. The van der Waals surface area contributed by atoms with Crippen molar-refractivity contribution in [3.8, 4) is 0 Å². The van der Waals surface area contributed by atoms with Gasteiger partial charge in [-0.15, -0.1) is 0 Å². The maximum atomic E-state index is 13.2. The van der Waals surface area contributed by atoms with E-state index in [1.54, 1.807) is 12.1 Å². The third-order valence-electron chi connectivity index (χ3n) is 3.54. The molecule has 18 heavy (non-hydrogen) atoms. The van der Waals surface area contributed by atoms with E-state index in [1.807, 2.05) is 6.07 Å². The number of ether oxygens (including phenoxy) is 1. The van der Waals surface area contributed by atoms with Crippen molar-refractivity contribution in [1.82, 2.24) is 0 Å². The molecule has 0 saturated carbocycles. The van der Waals surface area contributed by atoms with Gasteiger partial charge in [0.15, 0.2) is 0 Å². The van der Waals surface area contributed by atoms with Crippen LogP contribution in [0, 0.1) is 11.7 Å². The number of nitrogens with zero attached hydrogens (tertiary/aromatic N) is 1. The van der Waals surface area contributed by atoms with Gasteiger partial charge in [-0.1, -0.05) is 6.07 Å². The third kappa shape index (κ3) is 3.21. The zero-order chi connectivity index (χ0) is 13.0. The molecule has 1 aromatic carbocycles. The average Bonchev–Trinajstić information content (AvgIpc) is 2.38. The van der Waals surface area contributed by atoms with Gasteiger partial charge in [-0.25, -0.2) is 4.39 Å². The molecule has 2 N–H and O–H groups in total. The van der Waals surface area contributed by atoms with E-state index in [-0.39, 0.29) is 11.9 Å². The van der Waals surface area contributed by atoms with E-state index in [0.29, 0.717) is 12.5 Å². The van der Waals surface area contributed by atoms with Crippen LogP contribution in [0.25, 0.3) is 0 Å². The van der Waals surface area contributed by atoms with Crippen molar-refractivity contribution in [2.45, 2.75) is 19.4 Å². The van der Waals surface area contributed by atoms with Crippen LogP contribution in [0.5, 0.6) is 0 Å². The Bertz CT molecular complexity index is 386. The van der Waals surface area contributed by atoms with E-state index in [0.717, 1.165) is 31.8 Å². The zero-order valence-corrected chi connectivity index (χ0v) is 10.8. The van der Waals surface area contributed by atoms with Crippen molar-refractivity contribution in [2.24, 2.45) is 11.7 Å². The maximum absolute atomic E-state index is 13.2. The molecule has 0 radical (unpaired) electrons. The van der Waals surface area contributed by atoms with Crippen LogP contribution >= 0.6 is 0 Å². The van der Waals surface area contributed by atoms with Crippen molar-refractivity contribution < 1.29 is 9.13 Å². The van der Waals surface area contributed by atoms with Gasteiger partial charge in [-0.2, -0.15) is 0 Å².